The summed E-state index contributed by atoms with van der Waals surface area (Å²) < 4.78 is 12.6. The van der Waals surface area contributed by atoms with Gasteiger partial charge in [0.25, 0.3) is 0 Å². The summed E-state index contributed by atoms with van der Waals surface area (Å²) in [5.74, 6) is 0.314. The van der Waals surface area contributed by atoms with E-state index in [9.17, 15) is 15.0 Å². The van der Waals surface area contributed by atoms with Gasteiger partial charge in [0.15, 0.2) is 23.2 Å². The number of rotatable bonds is 8. The molecule has 0 aromatic carbocycles. The van der Waals surface area contributed by atoms with Gasteiger partial charge >= 0.3 is 5.97 Å². The van der Waals surface area contributed by atoms with Crippen LogP contribution in [0, 0.1) is 0 Å². The molecule has 1 saturated carbocycles. The molecule has 3 N–H and O–H groups in total. The fourth-order valence-corrected chi connectivity index (χ4v) is 4.07. The minimum Gasteiger partial charge on any atom is -0.463 e. The summed E-state index contributed by atoms with van der Waals surface area (Å²) in [6.45, 7) is 1.87. The van der Waals surface area contributed by atoms with Crippen molar-refractivity contribution in [3.63, 3.8) is 0 Å². The molecule has 10 nitrogen and oxygen atoms in total. The van der Waals surface area contributed by atoms with Crippen LogP contribution in [0.5, 0.6) is 0 Å². The van der Waals surface area contributed by atoms with Crippen molar-refractivity contribution in [1.82, 2.24) is 19.5 Å². The van der Waals surface area contributed by atoms with Crippen LogP contribution < -0.4 is 5.32 Å². The fourth-order valence-electron chi connectivity index (χ4n) is 4.07. The number of anilines is 1. The number of nitrogens with zero attached hydrogens (tertiary/aromatic N) is 4. The third-order valence-electron chi connectivity index (χ3n) is 5.81. The number of esters is 1. The second-order valence-electron chi connectivity index (χ2n) is 8.00. The molecule has 10 heteroatoms. The summed E-state index contributed by atoms with van der Waals surface area (Å²) in [6, 6.07) is 0.371. The van der Waals surface area contributed by atoms with Gasteiger partial charge in [0, 0.05) is 12.5 Å². The standard InChI is InChI=1S/C20H29N5O5/c1-2-3-8-14(26)29-9-13-16(27)17(28)20(30-13)25-11-23-15-18(21-10-22-19(15)25)24-12-6-4-5-7-12/h10-13,16-17,20,27-28H,2-9H2,1H3,(H,21,22,24)/t13-,16?,17?,20-/m1/s1. The Labute approximate surface area is 174 Å². The Morgan fingerprint density at radius 1 is 1.27 bits per heavy atom. The molecule has 4 rings (SSSR count). The predicted molar refractivity (Wildman–Crippen MR) is 108 cm³/mol. The highest BCUT2D eigenvalue weighted by Gasteiger charge is 2.45. The molecule has 164 valence electrons. The van der Waals surface area contributed by atoms with E-state index in [-0.39, 0.29) is 12.6 Å². The molecule has 0 bridgehead atoms. The van der Waals surface area contributed by atoms with Gasteiger partial charge in [-0.1, -0.05) is 26.2 Å². The number of aliphatic hydroxyl groups is 2. The number of aromatic nitrogens is 4. The van der Waals surface area contributed by atoms with E-state index < -0.39 is 24.5 Å². The molecule has 1 saturated heterocycles. The van der Waals surface area contributed by atoms with Crippen LogP contribution in [0.15, 0.2) is 12.7 Å². The molecule has 1 aliphatic carbocycles. The van der Waals surface area contributed by atoms with Gasteiger partial charge in [0.1, 0.15) is 31.2 Å². The smallest absolute Gasteiger partial charge is 0.305 e. The van der Waals surface area contributed by atoms with E-state index in [2.05, 4.69) is 20.3 Å². The molecule has 1 aliphatic heterocycles. The number of unbranched alkanes of at least 4 members (excludes halogenated alkanes) is 1. The molecule has 2 unspecified atom stereocenters. The average molecular weight is 419 g/mol. The van der Waals surface area contributed by atoms with Crippen LogP contribution in [0.4, 0.5) is 5.82 Å². The minimum absolute atomic E-state index is 0.118. The Morgan fingerprint density at radius 2 is 2.07 bits per heavy atom. The summed E-state index contributed by atoms with van der Waals surface area (Å²) >= 11 is 0. The second kappa shape index (κ2) is 9.23. The van der Waals surface area contributed by atoms with E-state index in [0.29, 0.717) is 29.4 Å². The number of hydrogen-bond acceptors (Lipinski definition) is 9. The number of carbonyl (C=O) groups excluding carboxylic acids is 1. The second-order valence-corrected chi connectivity index (χ2v) is 8.00. The van der Waals surface area contributed by atoms with Crippen molar-refractivity contribution < 1.29 is 24.5 Å². The number of imidazole rings is 1. The molecular weight excluding hydrogens is 390 g/mol. The monoisotopic (exact) mass is 419 g/mol. The number of fused-ring (bicyclic) bond motifs is 1. The molecule has 30 heavy (non-hydrogen) atoms. The highest BCUT2D eigenvalue weighted by molar-refractivity contribution is 5.82. The van der Waals surface area contributed by atoms with Crippen molar-refractivity contribution in [3.8, 4) is 0 Å². The summed E-state index contributed by atoms with van der Waals surface area (Å²) in [6.07, 6.45) is 5.42. The van der Waals surface area contributed by atoms with Gasteiger partial charge < -0.3 is 25.0 Å². The van der Waals surface area contributed by atoms with Gasteiger partial charge in [-0.3, -0.25) is 9.36 Å². The molecule has 2 aliphatic rings. The zero-order valence-electron chi connectivity index (χ0n) is 17.1. The van der Waals surface area contributed by atoms with Crippen LogP contribution in [0.3, 0.4) is 0 Å². The molecule has 0 spiro atoms. The number of aliphatic hydroxyl groups excluding tert-OH is 2. The number of carbonyl (C=O) groups is 1. The van der Waals surface area contributed by atoms with Crippen LogP contribution in [-0.4, -0.2) is 66.7 Å². The fraction of sp³-hybridized carbons (Fsp3) is 0.700. The van der Waals surface area contributed by atoms with Crippen LogP contribution in [-0.2, 0) is 14.3 Å². The van der Waals surface area contributed by atoms with E-state index >= 15 is 0 Å². The predicted octanol–water partition coefficient (Wildman–Crippen LogP) is 1.53. The van der Waals surface area contributed by atoms with Gasteiger partial charge in [0.05, 0.1) is 6.33 Å². The number of nitrogens with one attached hydrogen (secondary N) is 1. The molecule has 2 fully saturated rings. The number of ether oxygens (including phenoxy) is 2. The van der Waals surface area contributed by atoms with Crippen molar-refractivity contribution in [3.05, 3.63) is 12.7 Å². The third-order valence-corrected chi connectivity index (χ3v) is 5.81. The van der Waals surface area contributed by atoms with E-state index in [0.717, 1.165) is 25.7 Å². The Kier molecular flexibility index (Phi) is 6.45. The zero-order valence-corrected chi connectivity index (χ0v) is 17.1. The molecule has 3 heterocycles. The van der Waals surface area contributed by atoms with Gasteiger partial charge in [-0.05, 0) is 19.3 Å². The van der Waals surface area contributed by atoms with Gasteiger partial charge in [-0.2, -0.15) is 0 Å². The quantitative estimate of drug-likeness (QED) is 0.545. The Hall–Kier alpha value is -2.30. The molecule has 0 amide bonds. The molecule has 0 radical (unpaired) electrons. The maximum atomic E-state index is 11.8. The zero-order chi connectivity index (χ0) is 21.1. The van der Waals surface area contributed by atoms with Crippen molar-refractivity contribution in [2.45, 2.75) is 82.5 Å². The summed E-state index contributed by atoms with van der Waals surface area (Å²) in [7, 11) is 0. The lowest BCUT2D eigenvalue weighted by Crippen LogP contribution is -2.34. The lowest BCUT2D eigenvalue weighted by Gasteiger charge is -2.17. The Bertz CT molecular complexity index is 868. The summed E-state index contributed by atoms with van der Waals surface area (Å²) in [5, 5.41) is 24.4. The van der Waals surface area contributed by atoms with E-state index in [1.807, 2.05) is 6.92 Å². The maximum absolute atomic E-state index is 11.8. The first-order chi connectivity index (χ1) is 14.6. The Morgan fingerprint density at radius 3 is 2.83 bits per heavy atom. The highest BCUT2D eigenvalue weighted by atomic mass is 16.6. The van der Waals surface area contributed by atoms with E-state index in [4.69, 9.17) is 9.47 Å². The van der Waals surface area contributed by atoms with Crippen molar-refractivity contribution in [1.29, 1.82) is 0 Å². The topological polar surface area (TPSA) is 132 Å². The van der Waals surface area contributed by atoms with Gasteiger partial charge in [-0.15, -0.1) is 0 Å². The Balaban J connectivity index is 1.47. The largest absolute Gasteiger partial charge is 0.463 e. The van der Waals surface area contributed by atoms with Crippen LogP contribution in [0.2, 0.25) is 0 Å². The maximum Gasteiger partial charge on any atom is 0.305 e. The van der Waals surface area contributed by atoms with Crippen molar-refractivity contribution >= 4 is 23.0 Å². The molecular formula is C20H29N5O5. The van der Waals surface area contributed by atoms with Crippen LogP contribution >= 0.6 is 0 Å². The van der Waals surface area contributed by atoms with Crippen LogP contribution in [0.1, 0.15) is 58.1 Å². The minimum atomic E-state index is -1.21. The van der Waals surface area contributed by atoms with E-state index in [1.54, 1.807) is 4.57 Å². The molecule has 2 aromatic rings. The molecule has 4 atom stereocenters. The summed E-state index contributed by atoms with van der Waals surface area (Å²) in [4.78, 5) is 24.8. The summed E-state index contributed by atoms with van der Waals surface area (Å²) in [5.41, 5.74) is 1.09. The first-order valence-electron chi connectivity index (χ1n) is 10.7. The van der Waals surface area contributed by atoms with Gasteiger partial charge in [-0.25, -0.2) is 15.0 Å². The van der Waals surface area contributed by atoms with Crippen LogP contribution in [0.25, 0.3) is 11.2 Å². The number of hydrogen-bond donors (Lipinski definition) is 3. The van der Waals surface area contributed by atoms with Gasteiger partial charge in [0.2, 0.25) is 0 Å². The molecule has 2 aromatic heterocycles. The lowest BCUT2D eigenvalue weighted by atomic mass is 10.1. The SMILES string of the molecule is CCCCC(=O)OC[C@H]1O[C@@H](n2cnc3c(NC4CCCC4)ncnc32)C(O)C1O. The lowest BCUT2D eigenvalue weighted by molar-refractivity contribution is -0.150. The van der Waals surface area contributed by atoms with Crippen molar-refractivity contribution in [2.75, 3.05) is 11.9 Å². The van der Waals surface area contributed by atoms with Crippen molar-refractivity contribution in [2.24, 2.45) is 0 Å². The first kappa shape index (κ1) is 21.0. The third kappa shape index (κ3) is 4.26. The first-order valence-corrected chi connectivity index (χ1v) is 10.7. The van der Waals surface area contributed by atoms with E-state index in [1.165, 1.54) is 25.5 Å². The average Bonchev–Trinajstić information content (AvgIpc) is 3.47. The normalized spacial score (nSPS) is 27.0. The highest BCUT2D eigenvalue weighted by Crippen LogP contribution is 2.33.